The molecule has 2 aromatic heterocycles. The average molecular weight is 523 g/mol. The molecule has 37 heavy (non-hydrogen) atoms. The molecule has 3 heterocycles. The fourth-order valence-electron chi connectivity index (χ4n) is 5.46. The summed E-state index contributed by atoms with van der Waals surface area (Å²) in [6.45, 7) is 5.28. The topological polar surface area (TPSA) is 50.1 Å². The van der Waals surface area contributed by atoms with E-state index in [0.29, 0.717) is 5.92 Å². The highest BCUT2D eigenvalue weighted by molar-refractivity contribution is 6.28. The molecule has 4 aromatic rings. The van der Waals surface area contributed by atoms with Gasteiger partial charge in [0.05, 0.1) is 12.4 Å². The molecule has 2 aromatic carbocycles. The maximum Gasteiger partial charge on any atom is 0.226 e. The Morgan fingerprint density at radius 3 is 2.19 bits per heavy atom. The Kier molecular flexibility index (Phi) is 6.55. The van der Waals surface area contributed by atoms with E-state index in [9.17, 15) is 8.78 Å². The van der Waals surface area contributed by atoms with Crippen molar-refractivity contribution < 1.29 is 8.78 Å². The lowest BCUT2D eigenvalue weighted by Gasteiger charge is -2.45. The summed E-state index contributed by atoms with van der Waals surface area (Å²) in [6.07, 6.45) is 5.23. The fourth-order valence-corrected chi connectivity index (χ4v) is 5.62. The molecular formula is C28H29ClF2N6. The predicted molar refractivity (Wildman–Crippen MR) is 141 cm³/mol. The molecule has 0 radical (unpaired) electrons. The first-order chi connectivity index (χ1) is 18.0. The number of halogens is 3. The third kappa shape index (κ3) is 4.92. The van der Waals surface area contributed by atoms with Crippen LogP contribution in [0.1, 0.15) is 43.4 Å². The van der Waals surface area contributed by atoms with Crippen LogP contribution in [0.5, 0.6) is 0 Å². The molecule has 6 rings (SSSR count). The van der Waals surface area contributed by atoms with Gasteiger partial charge in [-0.2, -0.15) is 9.97 Å². The van der Waals surface area contributed by atoms with Crippen molar-refractivity contribution in [2.75, 3.05) is 24.5 Å². The van der Waals surface area contributed by atoms with Crippen molar-refractivity contribution in [2.45, 2.75) is 44.8 Å². The molecule has 1 atom stereocenters. The van der Waals surface area contributed by atoms with E-state index in [-0.39, 0.29) is 29.0 Å². The number of rotatable bonds is 7. The summed E-state index contributed by atoms with van der Waals surface area (Å²) in [6, 6.07) is 13.2. The van der Waals surface area contributed by atoms with Gasteiger partial charge in [0.25, 0.3) is 0 Å². The summed E-state index contributed by atoms with van der Waals surface area (Å²) < 4.78 is 29.6. The second-order valence-electron chi connectivity index (χ2n) is 10.1. The summed E-state index contributed by atoms with van der Waals surface area (Å²) in [5.74, 6) is 0.917. The van der Waals surface area contributed by atoms with Crippen molar-refractivity contribution in [3.63, 3.8) is 0 Å². The van der Waals surface area contributed by atoms with Crippen molar-refractivity contribution in [3.8, 4) is 0 Å². The first-order valence-corrected chi connectivity index (χ1v) is 13.3. The number of aromatic nitrogens is 4. The number of benzene rings is 2. The lowest BCUT2D eigenvalue weighted by molar-refractivity contribution is 0.180. The molecule has 6 nitrogen and oxygen atoms in total. The van der Waals surface area contributed by atoms with Crippen LogP contribution in [0, 0.1) is 17.6 Å². The Bertz CT molecular complexity index is 1340. The van der Waals surface area contributed by atoms with Gasteiger partial charge < -0.3 is 9.47 Å². The zero-order valence-electron chi connectivity index (χ0n) is 20.7. The van der Waals surface area contributed by atoms with E-state index < -0.39 is 0 Å². The van der Waals surface area contributed by atoms with Crippen LogP contribution in [0.4, 0.5) is 14.6 Å². The molecule has 0 amide bonds. The monoisotopic (exact) mass is 522 g/mol. The summed E-state index contributed by atoms with van der Waals surface area (Å²) >= 11 is 6.42. The second-order valence-corrected chi connectivity index (χ2v) is 10.4. The van der Waals surface area contributed by atoms with Crippen molar-refractivity contribution in [2.24, 2.45) is 5.92 Å². The van der Waals surface area contributed by atoms with E-state index in [1.165, 1.54) is 37.1 Å². The molecule has 1 saturated carbocycles. The minimum absolute atomic E-state index is 0.121. The number of piperazine rings is 1. The van der Waals surface area contributed by atoms with Crippen molar-refractivity contribution in [1.82, 2.24) is 24.4 Å². The molecule has 1 aliphatic carbocycles. The maximum absolute atomic E-state index is 13.7. The number of hydrogen-bond acceptors (Lipinski definition) is 5. The van der Waals surface area contributed by atoms with E-state index in [1.54, 1.807) is 0 Å². The zero-order chi connectivity index (χ0) is 25.5. The number of fused-ring (bicyclic) bond motifs is 1. The minimum atomic E-state index is -0.274. The van der Waals surface area contributed by atoms with E-state index in [0.717, 1.165) is 60.7 Å². The molecule has 0 bridgehead atoms. The van der Waals surface area contributed by atoms with E-state index >= 15 is 0 Å². The largest absolute Gasteiger partial charge is 0.349 e. The highest BCUT2D eigenvalue weighted by Gasteiger charge is 2.34. The van der Waals surface area contributed by atoms with Crippen LogP contribution in [0.3, 0.4) is 0 Å². The first-order valence-electron chi connectivity index (χ1n) is 12.9. The number of imidazole rings is 1. The molecule has 1 saturated heterocycles. The smallest absolute Gasteiger partial charge is 0.226 e. The number of anilines is 1. The van der Waals surface area contributed by atoms with Gasteiger partial charge in [0, 0.05) is 32.2 Å². The highest BCUT2D eigenvalue weighted by Crippen LogP contribution is 2.36. The Morgan fingerprint density at radius 2 is 1.59 bits per heavy atom. The zero-order valence-corrected chi connectivity index (χ0v) is 21.5. The molecule has 1 unspecified atom stereocenters. The Hall–Kier alpha value is -3.10. The minimum Gasteiger partial charge on any atom is -0.349 e. The average Bonchev–Trinajstić information content (AvgIpc) is 3.64. The van der Waals surface area contributed by atoms with Crippen LogP contribution in [0.2, 0.25) is 5.28 Å². The maximum atomic E-state index is 13.7. The first kappa shape index (κ1) is 24.2. The van der Waals surface area contributed by atoms with Crippen LogP contribution in [-0.2, 0) is 6.54 Å². The van der Waals surface area contributed by atoms with Crippen LogP contribution >= 0.6 is 11.6 Å². The van der Waals surface area contributed by atoms with Gasteiger partial charge in [-0.15, -0.1) is 0 Å². The summed E-state index contributed by atoms with van der Waals surface area (Å²) in [5.41, 5.74) is 3.52. The lowest BCUT2D eigenvalue weighted by atomic mass is 9.95. The van der Waals surface area contributed by atoms with Crippen LogP contribution < -0.4 is 4.90 Å². The van der Waals surface area contributed by atoms with E-state index in [4.69, 9.17) is 16.6 Å². The lowest BCUT2D eigenvalue weighted by Crippen LogP contribution is -2.54. The summed E-state index contributed by atoms with van der Waals surface area (Å²) in [7, 11) is 0. The highest BCUT2D eigenvalue weighted by atomic mass is 35.5. The van der Waals surface area contributed by atoms with Crippen LogP contribution in [-0.4, -0.2) is 50.1 Å². The molecule has 9 heteroatoms. The Morgan fingerprint density at radius 1 is 0.946 bits per heavy atom. The second kappa shape index (κ2) is 9.99. The quantitative estimate of drug-likeness (QED) is 0.285. The predicted octanol–water partition coefficient (Wildman–Crippen LogP) is 5.86. The summed E-state index contributed by atoms with van der Waals surface area (Å²) in [5, 5.41) is 0.229. The Balaban J connectivity index is 1.32. The van der Waals surface area contributed by atoms with Gasteiger partial charge in [0.1, 0.15) is 11.6 Å². The fraction of sp³-hybridized carbons (Fsp3) is 0.393. The molecule has 0 N–H and O–H groups in total. The number of nitrogens with zero attached hydrogens (tertiary/aromatic N) is 6. The van der Waals surface area contributed by atoms with Crippen LogP contribution in [0.25, 0.3) is 11.2 Å². The molecular weight excluding hydrogens is 494 g/mol. The van der Waals surface area contributed by atoms with Gasteiger partial charge >= 0.3 is 0 Å². The third-order valence-corrected chi connectivity index (χ3v) is 7.73. The van der Waals surface area contributed by atoms with Gasteiger partial charge in [0.2, 0.25) is 5.28 Å². The van der Waals surface area contributed by atoms with Crippen molar-refractivity contribution >= 4 is 28.6 Å². The standard InChI is InChI=1S/C28H29ClF2N6/c1-2-23-16-35(25(19-5-9-21(30)10-6-19)20-7-11-22(31)12-8-20)13-14-37(23)27-24-26(33-28(29)34-27)36(17-32-24)15-18-3-4-18/h5-12,17-18,23,25H,2-4,13-16H2,1H3. The number of hydrogen-bond donors (Lipinski definition) is 0. The van der Waals surface area contributed by atoms with Crippen molar-refractivity contribution in [3.05, 3.63) is 82.9 Å². The van der Waals surface area contributed by atoms with E-state index in [2.05, 4.69) is 31.3 Å². The van der Waals surface area contributed by atoms with Gasteiger partial charge in [0.15, 0.2) is 17.0 Å². The van der Waals surface area contributed by atoms with Gasteiger partial charge in [-0.1, -0.05) is 31.2 Å². The molecule has 0 spiro atoms. The Labute approximate surface area is 219 Å². The normalized spacial score (nSPS) is 18.7. The van der Waals surface area contributed by atoms with Gasteiger partial charge in [-0.25, -0.2) is 13.8 Å². The SMILES string of the molecule is CCC1CN(C(c2ccc(F)cc2)c2ccc(F)cc2)CCN1c1nc(Cl)nc2c1ncn2CC1CC1. The molecule has 192 valence electrons. The van der Waals surface area contributed by atoms with E-state index in [1.807, 2.05) is 30.6 Å². The van der Waals surface area contributed by atoms with Gasteiger partial charge in [-0.05, 0) is 72.2 Å². The van der Waals surface area contributed by atoms with Crippen LogP contribution in [0.15, 0.2) is 54.9 Å². The molecule has 2 fully saturated rings. The van der Waals surface area contributed by atoms with Gasteiger partial charge in [-0.3, -0.25) is 4.90 Å². The molecule has 2 aliphatic rings. The summed E-state index contributed by atoms with van der Waals surface area (Å²) in [4.78, 5) is 18.5. The molecule has 1 aliphatic heterocycles. The van der Waals surface area contributed by atoms with Crippen molar-refractivity contribution in [1.29, 1.82) is 0 Å². The third-order valence-electron chi connectivity index (χ3n) is 7.56.